The van der Waals surface area contributed by atoms with Crippen LogP contribution in [0, 0.1) is 24.6 Å². The zero-order valence-corrected chi connectivity index (χ0v) is 24.1. The van der Waals surface area contributed by atoms with Gasteiger partial charge in [0, 0.05) is 56.4 Å². The van der Waals surface area contributed by atoms with Gasteiger partial charge in [-0.25, -0.2) is 9.37 Å². The van der Waals surface area contributed by atoms with Gasteiger partial charge in [0.15, 0.2) is 5.65 Å². The van der Waals surface area contributed by atoms with Crippen molar-refractivity contribution < 1.29 is 22.4 Å². The first-order valence-corrected chi connectivity index (χ1v) is 14.1. The highest BCUT2D eigenvalue weighted by atomic mass is 19.4. The molecule has 0 radical (unpaired) electrons. The second-order valence-electron chi connectivity index (χ2n) is 10.7. The van der Waals surface area contributed by atoms with E-state index in [1.54, 1.807) is 36.1 Å². The number of benzene rings is 2. The number of aromatic amines is 1. The smallest absolute Gasteiger partial charge is 0.350 e. The summed E-state index contributed by atoms with van der Waals surface area (Å²) in [5.41, 5.74) is 2.63. The number of anilines is 3. The topological polar surface area (TPSA) is 102 Å². The van der Waals surface area contributed by atoms with Gasteiger partial charge >= 0.3 is 6.18 Å². The van der Waals surface area contributed by atoms with Crippen molar-refractivity contribution in [2.24, 2.45) is 0 Å². The average molecular weight is 617 g/mol. The Morgan fingerprint density at radius 3 is 2.64 bits per heavy atom. The Morgan fingerprint density at radius 2 is 1.89 bits per heavy atom. The van der Waals surface area contributed by atoms with Gasteiger partial charge < -0.3 is 16.0 Å². The van der Waals surface area contributed by atoms with Crippen molar-refractivity contribution in [1.29, 1.82) is 0 Å². The molecule has 3 aromatic heterocycles. The molecule has 5 aromatic rings. The molecule has 0 unspecified atom stereocenters. The maximum Gasteiger partial charge on any atom is 0.416 e. The number of aryl methyl sites for hydroxylation is 1. The number of carbonyl (C=O) groups excluding carboxylic acids is 1. The van der Waals surface area contributed by atoms with Crippen LogP contribution in [-0.2, 0) is 12.7 Å². The lowest BCUT2D eigenvalue weighted by Gasteiger charge is -2.27. The van der Waals surface area contributed by atoms with Gasteiger partial charge in [-0.2, -0.15) is 18.3 Å². The highest BCUT2D eigenvalue weighted by molar-refractivity contribution is 6.04. The van der Waals surface area contributed by atoms with E-state index in [1.807, 2.05) is 17.0 Å². The lowest BCUT2D eigenvalue weighted by molar-refractivity contribution is -0.137. The maximum atomic E-state index is 15.0. The summed E-state index contributed by atoms with van der Waals surface area (Å²) in [6.45, 7) is 4.80. The third-order valence-corrected chi connectivity index (χ3v) is 7.39. The van der Waals surface area contributed by atoms with Gasteiger partial charge in [-0.1, -0.05) is 5.92 Å². The molecular formula is C32H28F4N8O. The van der Waals surface area contributed by atoms with Crippen molar-refractivity contribution in [1.82, 2.24) is 29.8 Å². The Labute approximate surface area is 255 Å². The van der Waals surface area contributed by atoms with Gasteiger partial charge in [0.05, 0.1) is 34.9 Å². The van der Waals surface area contributed by atoms with E-state index in [4.69, 9.17) is 0 Å². The molecule has 1 aliphatic heterocycles. The second kappa shape index (κ2) is 12.4. The first-order chi connectivity index (χ1) is 21.6. The fraction of sp³-hybridized carbons (Fsp3) is 0.219. The van der Waals surface area contributed by atoms with Crippen molar-refractivity contribution in [3.05, 3.63) is 107 Å². The molecule has 1 saturated heterocycles. The van der Waals surface area contributed by atoms with Crippen LogP contribution in [0.3, 0.4) is 0 Å². The Hall–Kier alpha value is -5.19. The standard InChI is InChI=1S/C32H28F4N8O/c1-20-11-28(33)27(31(45)42-24-13-21(12-23(15-24)32(34,35)36)19-43-9-6-37-7-10-43)14-22(20)4-5-26-18-38-30-29(3-2-8-44(26)30)41-25-16-39-40-17-25/h2-3,8,11-18,37,41H,6-7,9-10,19H2,1H3,(H,39,40)(H,42,45). The number of imidazole rings is 1. The number of alkyl halides is 3. The van der Waals surface area contributed by atoms with Crippen LogP contribution in [0.4, 0.5) is 34.6 Å². The summed E-state index contributed by atoms with van der Waals surface area (Å²) >= 11 is 0. The molecule has 1 fully saturated rings. The number of nitrogens with zero attached hydrogens (tertiary/aromatic N) is 4. The highest BCUT2D eigenvalue weighted by Crippen LogP contribution is 2.33. The minimum absolute atomic E-state index is 0.0712. The van der Waals surface area contributed by atoms with Crippen LogP contribution in [0.5, 0.6) is 0 Å². The molecule has 13 heteroatoms. The number of hydrogen-bond donors (Lipinski definition) is 4. The minimum Gasteiger partial charge on any atom is -0.350 e. The zero-order valence-electron chi connectivity index (χ0n) is 24.1. The number of halogens is 4. The van der Waals surface area contributed by atoms with Crippen LogP contribution in [0.25, 0.3) is 5.65 Å². The Balaban J connectivity index is 1.26. The molecule has 4 N–H and O–H groups in total. The lowest BCUT2D eigenvalue weighted by atomic mass is 10.0. The Kier molecular flexibility index (Phi) is 8.25. The van der Waals surface area contributed by atoms with E-state index >= 15 is 4.39 Å². The maximum absolute atomic E-state index is 15.0. The second-order valence-corrected chi connectivity index (χ2v) is 10.7. The van der Waals surface area contributed by atoms with Crippen LogP contribution >= 0.6 is 0 Å². The summed E-state index contributed by atoms with van der Waals surface area (Å²) in [5.74, 6) is 4.33. The predicted octanol–water partition coefficient (Wildman–Crippen LogP) is 5.32. The number of carbonyl (C=O) groups is 1. The molecule has 0 bridgehead atoms. The Bertz CT molecular complexity index is 1920. The number of amides is 1. The number of rotatable bonds is 6. The molecule has 230 valence electrons. The van der Waals surface area contributed by atoms with E-state index in [2.05, 4.69) is 43.0 Å². The molecule has 9 nitrogen and oxygen atoms in total. The monoisotopic (exact) mass is 616 g/mol. The normalized spacial score (nSPS) is 13.8. The number of aromatic nitrogens is 4. The predicted molar refractivity (Wildman–Crippen MR) is 162 cm³/mol. The molecule has 45 heavy (non-hydrogen) atoms. The van der Waals surface area contributed by atoms with Gasteiger partial charge in [0.25, 0.3) is 5.91 Å². The number of H-pyrrole nitrogens is 1. The Morgan fingerprint density at radius 1 is 1.07 bits per heavy atom. The zero-order chi connectivity index (χ0) is 31.6. The van der Waals surface area contributed by atoms with Crippen molar-refractivity contribution in [3.63, 3.8) is 0 Å². The third kappa shape index (κ3) is 6.82. The SMILES string of the molecule is Cc1cc(F)c(C(=O)Nc2cc(CN3CCNCC3)cc(C(F)(F)F)c2)cc1C#Cc1cnc2c(Nc3cn[nH]c3)cccn12. The summed E-state index contributed by atoms with van der Waals surface area (Å²) in [4.78, 5) is 19.7. The molecule has 2 aromatic carbocycles. The number of nitrogens with one attached hydrogen (secondary N) is 4. The van der Waals surface area contributed by atoms with Crippen molar-refractivity contribution >= 4 is 28.6 Å². The third-order valence-electron chi connectivity index (χ3n) is 7.39. The fourth-order valence-corrected chi connectivity index (χ4v) is 5.13. The molecule has 1 aliphatic rings. The summed E-state index contributed by atoms with van der Waals surface area (Å²) in [6.07, 6.45) is 2.12. The van der Waals surface area contributed by atoms with E-state index in [1.165, 1.54) is 18.2 Å². The van der Waals surface area contributed by atoms with E-state index in [0.717, 1.165) is 36.6 Å². The summed E-state index contributed by atoms with van der Waals surface area (Å²) in [7, 11) is 0. The van der Waals surface area contributed by atoms with Gasteiger partial charge in [-0.3, -0.25) is 19.2 Å². The number of pyridine rings is 1. The van der Waals surface area contributed by atoms with Gasteiger partial charge in [-0.05, 0) is 66.4 Å². The van der Waals surface area contributed by atoms with E-state index in [-0.39, 0.29) is 17.8 Å². The first kappa shape index (κ1) is 29.9. The highest BCUT2D eigenvalue weighted by Gasteiger charge is 2.31. The van der Waals surface area contributed by atoms with Gasteiger partial charge in [0.2, 0.25) is 0 Å². The van der Waals surface area contributed by atoms with Crippen LogP contribution in [0.1, 0.15) is 38.3 Å². The largest absolute Gasteiger partial charge is 0.416 e. The quantitative estimate of drug-likeness (QED) is 0.152. The summed E-state index contributed by atoms with van der Waals surface area (Å²) < 4.78 is 58.0. The van der Waals surface area contributed by atoms with E-state index in [0.29, 0.717) is 41.1 Å². The van der Waals surface area contributed by atoms with Crippen molar-refractivity contribution in [2.75, 3.05) is 36.8 Å². The van der Waals surface area contributed by atoms with Gasteiger partial charge in [-0.15, -0.1) is 0 Å². The van der Waals surface area contributed by atoms with Crippen LogP contribution in [0.15, 0.2) is 67.3 Å². The van der Waals surface area contributed by atoms with Crippen molar-refractivity contribution in [2.45, 2.75) is 19.6 Å². The average Bonchev–Trinajstić information content (AvgIpc) is 3.67. The first-order valence-electron chi connectivity index (χ1n) is 14.1. The summed E-state index contributed by atoms with van der Waals surface area (Å²) in [5, 5.41) is 15.6. The molecule has 0 aliphatic carbocycles. The lowest BCUT2D eigenvalue weighted by Crippen LogP contribution is -2.42. The molecule has 4 heterocycles. The van der Waals surface area contributed by atoms with Crippen LogP contribution < -0.4 is 16.0 Å². The molecule has 6 rings (SSSR count). The molecule has 0 spiro atoms. The van der Waals surface area contributed by atoms with E-state index < -0.39 is 23.5 Å². The molecule has 0 atom stereocenters. The van der Waals surface area contributed by atoms with Gasteiger partial charge in [0.1, 0.15) is 11.5 Å². The molecule has 0 saturated carbocycles. The minimum atomic E-state index is -4.62. The summed E-state index contributed by atoms with van der Waals surface area (Å²) in [6, 6.07) is 9.60. The fourth-order valence-electron chi connectivity index (χ4n) is 5.13. The van der Waals surface area contributed by atoms with Crippen LogP contribution in [-0.4, -0.2) is 56.6 Å². The molecular weight excluding hydrogens is 588 g/mol. The number of fused-ring (bicyclic) bond motifs is 1. The van der Waals surface area contributed by atoms with Crippen molar-refractivity contribution in [3.8, 4) is 11.8 Å². The number of piperazine rings is 1. The molecule has 1 amide bonds. The van der Waals surface area contributed by atoms with E-state index in [9.17, 15) is 18.0 Å². The van der Waals surface area contributed by atoms with Crippen LogP contribution in [0.2, 0.25) is 0 Å². The number of hydrogen-bond acceptors (Lipinski definition) is 6.